The number of aromatic nitrogens is 2. The van der Waals surface area contributed by atoms with Gasteiger partial charge in [0.2, 0.25) is 0 Å². The highest BCUT2D eigenvalue weighted by Crippen LogP contribution is 2.28. The molecule has 2 aromatic rings. The number of benzene rings is 1. The van der Waals surface area contributed by atoms with E-state index in [9.17, 15) is 30.8 Å². The number of nitriles is 1. The third kappa shape index (κ3) is 3.83. The van der Waals surface area contributed by atoms with E-state index in [2.05, 4.69) is 5.10 Å². The molecule has 0 aliphatic carbocycles. The van der Waals surface area contributed by atoms with E-state index in [1.165, 1.54) is 6.07 Å². The largest absolute Gasteiger partial charge is 0.435 e. The van der Waals surface area contributed by atoms with Crippen LogP contribution in [0.4, 0.5) is 17.6 Å². The zero-order valence-corrected chi connectivity index (χ0v) is 13.8. The van der Waals surface area contributed by atoms with Crippen LogP contribution in [0.3, 0.4) is 0 Å². The Morgan fingerprint density at radius 1 is 1.35 bits per heavy atom. The molecule has 2 rings (SSSR count). The molecule has 1 N–H and O–H groups in total. The Morgan fingerprint density at radius 2 is 2.00 bits per heavy atom. The van der Waals surface area contributed by atoms with Crippen molar-refractivity contribution in [3.63, 3.8) is 0 Å². The van der Waals surface area contributed by atoms with Gasteiger partial charge in [-0.2, -0.15) is 23.5 Å². The number of amides is 1. The molecule has 0 saturated carbocycles. The molecular formula is C14H10F4N4O3S. The van der Waals surface area contributed by atoms with Crippen LogP contribution >= 0.6 is 0 Å². The fraction of sp³-hybridized carbons (Fsp3) is 0.214. The van der Waals surface area contributed by atoms with E-state index in [0.29, 0.717) is 10.7 Å². The summed E-state index contributed by atoms with van der Waals surface area (Å²) < 4.78 is 77.8. The van der Waals surface area contributed by atoms with Crippen LogP contribution in [0.1, 0.15) is 24.2 Å². The quantitative estimate of drug-likeness (QED) is 0.804. The van der Waals surface area contributed by atoms with Crippen molar-refractivity contribution in [2.24, 2.45) is 0 Å². The number of carbonyl (C=O) groups excluding carboxylic acids is 1. The number of carbonyl (C=O) groups is 1. The Kier molecular flexibility index (Phi) is 5.04. The molecule has 7 nitrogen and oxygen atoms in total. The van der Waals surface area contributed by atoms with Crippen LogP contribution in [0.2, 0.25) is 0 Å². The summed E-state index contributed by atoms with van der Waals surface area (Å²) in [7, 11) is -4.62. The van der Waals surface area contributed by atoms with Gasteiger partial charge in [0.1, 0.15) is 28.4 Å². The molecule has 138 valence electrons. The molecule has 0 radical (unpaired) electrons. The summed E-state index contributed by atoms with van der Waals surface area (Å²) in [6.45, 7) is 1.12. The number of nitrogens with zero attached hydrogens (tertiary/aromatic N) is 3. The standard InChI is InChI=1S/C14H10F4N4O3S/c1-8(22-6-5-12(20-22)14(16,17)18)13(23)21-26(24,25)11-4-2-3-10(15)9(11)7-19/h2-6,8H,1H3,(H,21,23). The van der Waals surface area contributed by atoms with E-state index in [-0.39, 0.29) is 0 Å². The van der Waals surface area contributed by atoms with E-state index in [1.54, 1.807) is 4.72 Å². The zero-order valence-electron chi connectivity index (χ0n) is 13.0. The second kappa shape index (κ2) is 6.75. The summed E-state index contributed by atoms with van der Waals surface area (Å²) in [5.41, 5.74) is -2.05. The monoisotopic (exact) mass is 390 g/mol. The summed E-state index contributed by atoms with van der Waals surface area (Å²) in [6, 6.07) is 3.39. The maximum absolute atomic E-state index is 13.5. The molecule has 1 amide bonds. The van der Waals surface area contributed by atoms with Crippen LogP contribution < -0.4 is 4.72 Å². The highest BCUT2D eigenvalue weighted by molar-refractivity contribution is 7.90. The molecule has 1 unspecified atom stereocenters. The molecule has 0 fully saturated rings. The molecule has 1 aromatic carbocycles. The van der Waals surface area contributed by atoms with E-state index >= 15 is 0 Å². The molecule has 0 aliphatic heterocycles. The van der Waals surface area contributed by atoms with Crippen molar-refractivity contribution >= 4 is 15.9 Å². The number of halogens is 4. The van der Waals surface area contributed by atoms with E-state index < -0.39 is 50.1 Å². The first-order chi connectivity index (χ1) is 12.0. The molecule has 1 atom stereocenters. The minimum absolute atomic E-state index is 0.624. The average Bonchev–Trinajstić information content (AvgIpc) is 3.03. The Hall–Kier alpha value is -2.94. The van der Waals surface area contributed by atoms with Crippen LogP contribution in [0.15, 0.2) is 35.4 Å². The van der Waals surface area contributed by atoms with Crippen LogP contribution in [-0.4, -0.2) is 24.1 Å². The maximum Gasteiger partial charge on any atom is 0.435 e. The molecule has 0 aliphatic rings. The van der Waals surface area contributed by atoms with Crippen molar-refractivity contribution in [1.82, 2.24) is 14.5 Å². The van der Waals surface area contributed by atoms with Gasteiger partial charge in [-0.1, -0.05) is 6.07 Å². The lowest BCUT2D eigenvalue weighted by molar-refractivity contribution is -0.142. The van der Waals surface area contributed by atoms with Crippen molar-refractivity contribution < 1.29 is 30.8 Å². The Balaban J connectivity index is 2.28. The van der Waals surface area contributed by atoms with Gasteiger partial charge in [-0.05, 0) is 25.1 Å². The number of hydrogen-bond acceptors (Lipinski definition) is 5. The minimum atomic E-state index is -4.73. The first-order valence-corrected chi connectivity index (χ1v) is 8.33. The Morgan fingerprint density at radius 3 is 2.54 bits per heavy atom. The first-order valence-electron chi connectivity index (χ1n) is 6.85. The number of sulfonamides is 1. The summed E-state index contributed by atoms with van der Waals surface area (Å²) in [6.07, 6.45) is -3.86. The topological polar surface area (TPSA) is 105 Å². The third-order valence-electron chi connectivity index (χ3n) is 3.29. The van der Waals surface area contributed by atoms with Gasteiger partial charge < -0.3 is 0 Å². The van der Waals surface area contributed by atoms with Crippen molar-refractivity contribution in [3.05, 3.63) is 47.5 Å². The van der Waals surface area contributed by atoms with Crippen LogP contribution in [0.5, 0.6) is 0 Å². The van der Waals surface area contributed by atoms with Crippen molar-refractivity contribution in [1.29, 1.82) is 5.26 Å². The summed E-state index contributed by atoms with van der Waals surface area (Å²) in [4.78, 5) is 11.3. The van der Waals surface area contributed by atoms with Gasteiger partial charge >= 0.3 is 6.18 Å². The van der Waals surface area contributed by atoms with E-state index in [4.69, 9.17) is 5.26 Å². The molecule has 1 aromatic heterocycles. The SMILES string of the molecule is CC(C(=O)NS(=O)(=O)c1cccc(F)c1C#N)n1ccc(C(F)(F)F)n1. The normalized spacial score (nSPS) is 13.1. The van der Waals surface area contributed by atoms with Crippen molar-refractivity contribution in [2.75, 3.05) is 0 Å². The van der Waals surface area contributed by atoms with Gasteiger partial charge in [0, 0.05) is 6.20 Å². The van der Waals surface area contributed by atoms with Gasteiger partial charge in [0.15, 0.2) is 5.69 Å². The molecule has 0 saturated heterocycles. The van der Waals surface area contributed by atoms with Crippen LogP contribution in [0, 0.1) is 17.1 Å². The van der Waals surface area contributed by atoms with E-state index in [1.807, 2.05) is 0 Å². The zero-order chi connectivity index (χ0) is 19.7. The summed E-state index contributed by atoms with van der Waals surface area (Å²) >= 11 is 0. The summed E-state index contributed by atoms with van der Waals surface area (Å²) in [5.74, 6) is -2.31. The average molecular weight is 390 g/mol. The predicted molar refractivity (Wildman–Crippen MR) is 78.4 cm³/mol. The number of nitrogens with one attached hydrogen (secondary N) is 1. The Labute approximate surface area is 144 Å². The smallest absolute Gasteiger partial charge is 0.272 e. The van der Waals surface area contributed by atoms with Gasteiger partial charge in [-0.3, -0.25) is 9.48 Å². The highest BCUT2D eigenvalue weighted by Gasteiger charge is 2.34. The molecule has 26 heavy (non-hydrogen) atoms. The number of hydrogen-bond donors (Lipinski definition) is 1. The lowest BCUT2D eigenvalue weighted by Gasteiger charge is -2.14. The second-order valence-electron chi connectivity index (χ2n) is 5.05. The maximum atomic E-state index is 13.5. The lowest BCUT2D eigenvalue weighted by atomic mass is 10.2. The Bertz CT molecular complexity index is 992. The van der Waals surface area contributed by atoms with Crippen LogP contribution in [-0.2, 0) is 21.0 Å². The lowest BCUT2D eigenvalue weighted by Crippen LogP contribution is -2.36. The molecule has 0 bridgehead atoms. The van der Waals surface area contributed by atoms with E-state index in [0.717, 1.165) is 31.3 Å². The van der Waals surface area contributed by atoms with Crippen molar-refractivity contribution in [2.45, 2.75) is 24.0 Å². The second-order valence-corrected chi connectivity index (χ2v) is 6.70. The molecule has 12 heteroatoms. The van der Waals surface area contributed by atoms with Gasteiger partial charge in [0.25, 0.3) is 15.9 Å². The summed E-state index contributed by atoms with van der Waals surface area (Å²) in [5, 5.41) is 12.1. The third-order valence-corrected chi connectivity index (χ3v) is 4.68. The molecule has 1 heterocycles. The molecule has 0 spiro atoms. The number of alkyl halides is 3. The predicted octanol–water partition coefficient (Wildman–Crippen LogP) is 1.98. The first kappa shape index (κ1) is 19.4. The molecular weight excluding hydrogens is 380 g/mol. The fourth-order valence-corrected chi connectivity index (χ4v) is 3.15. The number of rotatable bonds is 4. The van der Waals surface area contributed by atoms with Gasteiger partial charge in [0.05, 0.1) is 0 Å². The fourth-order valence-electron chi connectivity index (χ4n) is 1.93. The van der Waals surface area contributed by atoms with Gasteiger partial charge in [-0.25, -0.2) is 17.5 Å². The minimum Gasteiger partial charge on any atom is -0.272 e. The van der Waals surface area contributed by atoms with Crippen LogP contribution in [0.25, 0.3) is 0 Å². The van der Waals surface area contributed by atoms with Crippen molar-refractivity contribution in [3.8, 4) is 6.07 Å². The van der Waals surface area contributed by atoms with Gasteiger partial charge in [-0.15, -0.1) is 0 Å². The highest BCUT2D eigenvalue weighted by atomic mass is 32.2.